The predicted octanol–water partition coefficient (Wildman–Crippen LogP) is 1.97. The van der Waals surface area contributed by atoms with Crippen LogP contribution in [0.4, 0.5) is 13.2 Å². The van der Waals surface area contributed by atoms with Gasteiger partial charge < -0.3 is 4.74 Å². The van der Waals surface area contributed by atoms with Crippen LogP contribution in [0.1, 0.15) is 12.0 Å². The molecule has 102 valence electrons. The first-order valence-corrected chi connectivity index (χ1v) is 6.47. The first-order valence-electron chi connectivity index (χ1n) is 4.92. The number of aryl methyl sites for hydroxylation is 1. The van der Waals surface area contributed by atoms with Crippen LogP contribution in [-0.2, 0) is 10.0 Å². The Morgan fingerprint density at radius 3 is 2.39 bits per heavy atom. The fourth-order valence-corrected chi connectivity index (χ4v) is 1.84. The molecule has 0 amide bonds. The lowest BCUT2D eigenvalue weighted by Gasteiger charge is -2.11. The zero-order valence-electron chi connectivity index (χ0n) is 9.49. The van der Waals surface area contributed by atoms with Crippen LogP contribution in [0.2, 0.25) is 0 Å². The molecule has 0 aromatic heterocycles. The van der Waals surface area contributed by atoms with Gasteiger partial charge in [0.25, 0.3) is 0 Å². The van der Waals surface area contributed by atoms with E-state index in [1.54, 1.807) is 0 Å². The lowest BCUT2D eigenvalue weighted by atomic mass is 10.2. The van der Waals surface area contributed by atoms with E-state index in [1.165, 1.54) is 25.1 Å². The number of sulfonamides is 1. The molecular weight excluding hydrogens is 271 g/mol. The van der Waals surface area contributed by atoms with Crippen molar-refractivity contribution in [3.63, 3.8) is 0 Å². The monoisotopic (exact) mass is 283 g/mol. The third-order valence-corrected chi connectivity index (χ3v) is 3.03. The van der Waals surface area contributed by atoms with Crippen LogP contribution in [0.25, 0.3) is 0 Å². The summed E-state index contributed by atoms with van der Waals surface area (Å²) in [5, 5.41) is 4.92. The van der Waals surface area contributed by atoms with Gasteiger partial charge in [-0.1, -0.05) is 0 Å². The molecule has 0 aliphatic carbocycles. The number of primary sulfonamides is 1. The van der Waals surface area contributed by atoms with Gasteiger partial charge in [0.1, 0.15) is 5.75 Å². The van der Waals surface area contributed by atoms with Crippen LogP contribution < -0.4 is 9.88 Å². The Bertz CT molecular complexity index is 526. The predicted molar refractivity (Wildman–Crippen MR) is 58.7 cm³/mol. The molecule has 1 aromatic rings. The number of ether oxygens (including phenoxy) is 1. The minimum atomic E-state index is -4.28. The molecule has 0 saturated carbocycles. The third kappa shape index (κ3) is 4.53. The van der Waals surface area contributed by atoms with E-state index in [1.807, 2.05) is 0 Å². The standard InChI is InChI=1S/C10H12F3NO3S/c1-7-6-8(18(14,15)16)2-3-9(7)17-5-4-10(11,12)13/h2-3,6H,4-5H2,1H3,(H2,14,15,16). The maximum atomic E-state index is 11.9. The molecule has 4 nitrogen and oxygen atoms in total. The molecule has 0 bridgehead atoms. The molecule has 0 aliphatic rings. The van der Waals surface area contributed by atoms with Crippen molar-refractivity contribution < 1.29 is 26.3 Å². The van der Waals surface area contributed by atoms with E-state index in [0.29, 0.717) is 5.56 Å². The SMILES string of the molecule is Cc1cc(S(N)(=O)=O)ccc1OCCC(F)(F)F. The van der Waals surface area contributed by atoms with Crippen molar-refractivity contribution >= 4 is 10.0 Å². The van der Waals surface area contributed by atoms with Gasteiger partial charge in [0.05, 0.1) is 17.9 Å². The topological polar surface area (TPSA) is 69.4 Å². The van der Waals surface area contributed by atoms with E-state index >= 15 is 0 Å². The minimum absolute atomic E-state index is 0.108. The van der Waals surface area contributed by atoms with E-state index in [2.05, 4.69) is 0 Å². The van der Waals surface area contributed by atoms with Gasteiger partial charge in [-0.2, -0.15) is 13.2 Å². The van der Waals surface area contributed by atoms with Crippen LogP contribution in [0.5, 0.6) is 5.75 Å². The molecule has 18 heavy (non-hydrogen) atoms. The maximum Gasteiger partial charge on any atom is 0.392 e. The Balaban J connectivity index is 2.75. The lowest BCUT2D eigenvalue weighted by Crippen LogP contribution is -2.14. The molecule has 0 spiro atoms. The van der Waals surface area contributed by atoms with Gasteiger partial charge in [0, 0.05) is 0 Å². The Morgan fingerprint density at radius 1 is 1.33 bits per heavy atom. The number of halogens is 3. The molecule has 1 aromatic carbocycles. The van der Waals surface area contributed by atoms with Crippen molar-refractivity contribution in [1.82, 2.24) is 0 Å². The first kappa shape index (κ1) is 14.8. The van der Waals surface area contributed by atoms with Crippen molar-refractivity contribution in [3.05, 3.63) is 23.8 Å². The Kier molecular flexibility index (Phi) is 4.23. The second kappa shape index (κ2) is 5.15. The van der Waals surface area contributed by atoms with Gasteiger partial charge in [-0.15, -0.1) is 0 Å². The highest BCUT2D eigenvalue weighted by atomic mass is 32.2. The molecule has 0 radical (unpaired) electrons. The van der Waals surface area contributed by atoms with Crippen LogP contribution >= 0.6 is 0 Å². The largest absolute Gasteiger partial charge is 0.493 e. The highest BCUT2D eigenvalue weighted by Gasteiger charge is 2.26. The third-order valence-electron chi connectivity index (χ3n) is 2.12. The summed E-state index contributed by atoms with van der Waals surface area (Å²) in [6.45, 7) is 1.01. The Labute approximate surface area is 103 Å². The molecule has 1 rings (SSSR count). The van der Waals surface area contributed by atoms with Gasteiger partial charge in [-0.3, -0.25) is 0 Å². The lowest BCUT2D eigenvalue weighted by molar-refractivity contribution is -0.139. The maximum absolute atomic E-state index is 11.9. The fraction of sp³-hybridized carbons (Fsp3) is 0.400. The summed E-state index contributed by atoms with van der Waals surface area (Å²) in [4.78, 5) is -0.108. The molecule has 0 atom stereocenters. The smallest absolute Gasteiger partial charge is 0.392 e. The molecule has 0 unspecified atom stereocenters. The van der Waals surface area contributed by atoms with E-state index in [-0.39, 0.29) is 10.6 Å². The van der Waals surface area contributed by atoms with Gasteiger partial charge >= 0.3 is 6.18 Å². The molecule has 0 saturated heterocycles. The minimum Gasteiger partial charge on any atom is -0.493 e. The highest BCUT2D eigenvalue weighted by molar-refractivity contribution is 7.89. The Hall–Kier alpha value is -1.28. The van der Waals surface area contributed by atoms with Crippen LogP contribution in [0.15, 0.2) is 23.1 Å². The molecule has 8 heteroatoms. The summed E-state index contributed by atoms with van der Waals surface area (Å²) in [6.07, 6.45) is -5.35. The Morgan fingerprint density at radius 2 is 1.94 bits per heavy atom. The number of rotatable bonds is 4. The summed E-state index contributed by atoms with van der Waals surface area (Å²) in [6, 6.07) is 3.72. The fourth-order valence-electron chi connectivity index (χ4n) is 1.24. The van der Waals surface area contributed by atoms with E-state index in [0.717, 1.165) is 0 Å². The van der Waals surface area contributed by atoms with Gasteiger partial charge in [0.15, 0.2) is 0 Å². The second-order valence-corrected chi connectivity index (χ2v) is 5.25. The van der Waals surface area contributed by atoms with E-state index < -0.39 is 29.2 Å². The van der Waals surface area contributed by atoms with Crippen molar-refractivity contribution in [3.8, 4) is 5.75 Å². The zero-order valence-corrected chi connectivity index (χ0v) is 10.3. The second-order valence-electron chi connectivity index (χ2n) is 3.69. The molecule has 2 N–H and O–H groups in total. The van der Waals surface area contributed by atoms with Crippen molar-refractivity contribution in [1.29, 1.82) is 0 Å². The first-order chi connectivity index (χ1) is 8.09. The van der Waals surface area contributed by atoms with Gasteiger partial charge in [0.2, 0.25) is 10.0 Å². The van der Waals surface area contributed by atoms with E-state index in [9.17, 15) is 21.6 Å². The number of benzene rings is 1. The molecule has 0 fully saturated rings. The summed E-state index contributed by atoms with van der Waals surface area (Å²) in [5.41, 5.74) is 0.406. The van der Waals surface area contributed by atoms with Gasteiger partial charge in [-0.25, -0.2) is 13.6 Å². The van der Waals surface area contributed by atoms with Crippen LogP contribution in [0, 0.1) is 6.92 Å². The zero-order chi connectivity index (χ0) is 14.0. The summed E-state index contributed by atoms with van der Waals surface area (Å²) >= 11 is 0. The molecule has 0 heterocycles. The summed E-state index contributed by atoms with van der Waals surface area (Å²) < 4.78 is 62.7. The number of nitrogens with two attached hydrogens (primary N) is 1. The van der Waals surface area contributed by atoms with Crippen LogP contribution in [-0.4, -0.2) is 21.2 Å². The quantitative estimate of drug-likeness (QED) is 0.918. The number of hydrogen-bond acceptors (Lipinski definition) is 3. The van der Waals surface area contributed by atoms with Gasteiger partial charge in [-0.05, 0) is 30.7 Å². The molecule has 0 aliphatic heterocycles. The molecular formula is C10H12F3NO3S. The highest BCUT2D eigenvalue weighted by Crippen LogP contribution is 2.23. The normalized spacial score (nSPS) is 12.5. The van der Waals surface area contributed by atoms with Crippen LogP contribution in [0.3, 0.4) is 0 Å². The van der Waals surface area contributed by atoms with Crippen molar-refractivity contribution in [2.45, 2.75) is 24.4 Å². The number of hydrogen-bond donors (Lipinski definition) is 1. The van der Waals surface area contributed by atoms with Crippen molar-refractivity contribution in [2.75, 3.05) is 6.61 Å². The van der Waals surface area contributed by atoms with E-state index in [4.69, 9.17) is 9.88 Å². The summed E-state index contributed by atoms with van der Waals surface area (Å²) in [7, 11) is -3.82. The average molecular weight is 283 g/mol. The summed E-state index contributed by atoms with van der Waals surface area (Å²) in [5.74, 6) is 0.201. The average Bonchev–Trinajstić information content (AvgIpc) is 2.17. The van der Waals surface area contributed by atoms with Crippen molar-refractivity contribution in [2.24, 2.45) is 5.14 Å². The number of alkyl halides is 3.